The minimum Gasteiger partial charge on any atom is -0.313 e. The van der Waals surface area contributed by atoms with Crippen LogP contribution in [-0.2, 0) is 24.8 Å². The van der Waals surface area contributed by atoms with Gasteiger partial charge in [-0.15, -0.1) is 11.3 Å². The van der Waals surface area contributed by atoms with E-state index in [0.29, 0.717) is 12.2 Å². The summed E-state index contributed by atoms with van der Waals surface area (Å²) in [5.74, 6) is -0.895. The number of piperazine rings is 1. The SMILES string of the molecule is CS(=O)(=O)NC(=O)C1CNCCN1S(=O)(=O)c1nc(-c2ccccc2)cs1. The monoisotopic (exact) mass is 430 g/mol. The third kappa shape index (κ3) is 4.52. The number of sulfonamides is 2. The van der Waals surface area contributed by atoms with Gasteiger partial charge in [-0.2, -0.15) is 4.31 Å². The van der Waals surface area contributed by atoms with Crippen LogP contribution in [0.3, 0.4) is 0 Å². The molecule has 1 atom stereocenters. The number of carbonyl (C=O) groups excluding carboxylic acids is 1. The van der Waals surface area contributed by atoms with Crippen molar-refractivity contribution in [1.82, 2.24) is 19.3 Å². The van der Waals surface area contributed by atoms with E-state index in [-0.39, 0.29) is 17.4 Å². The van der Waals surface area contributed by atoms with Gasteiger partial charge in [0.25, 0.3) is 15.9 Å². The summed E-state index contributed by atoms with van der Waals surface area (Å²) in [6.07, 6.45) is 0.840. The number of hydrogen-bond donors (Lipinski definition) is 2. The summed E-state index contributed by atoms with van der Waals surface area (Å²) in [5, 5.41) is 4.54. The summed E-state index contributed by atoms with van der Waals surface area (Å²) in [6.45, 7) is 0.390. The Kier molecular flexibility index (Phi) is 5.63. The van der Waals surface area contributed by atoms with Gasteiger partial charge in [0.2, 0.25) is 14.4 Å². The van der Waals surface area contributed by atoms with Crippen molar-refractivity contribution < 1.29 is 21.6 Å². The topological polar surface area (TPSA) is 126 Å². The van der Waals surface area contributed by atoms with E-state index in [1.54, 1.807) is 5.38 Å². The van der Waals surface area contributed by atoms with Gasteiger partial charge in [0.1, 0.15) is 6.04 Å². The summed E-state index contributed by atoms with van der Waals surface area (Å²) < 4.78 is 51.4. The van der Waals surface area contributed by atoms with Crippen LogP contribution >= 0.6 is 11.3 Å². The second-order valence-electron chi connectivity index (χ2n) is 5.94. The molecule has 27 heavy (non-hydrogen) atoms. The molecule has 1 aromatic heterocycles. The molecule has 1 aromatic carbocycles. The van der Waals surface area contributed by atoms with E-state index in [4.69, 9.17) is 0 Å². The van der Waals surface area contributed by atoms with Crippen molar-refractivity contribution >= 4 is 37.3 Å². The zero-order valence-corrected chi connectivity index (χ0v) is 16.8. The van der Waals surface area contributed by atoms with Crippen molar-refractivity contribution in [3.63, 3.8) is 0 Å². The van der Waals surface area contributed by atoms with Crippen LogP contribution < -0.4 is 10.0 Å². The minimum absolute atomic E-state index is 0.0114. The van der Waals surface area contributed by atoms with Gasteiger partial charge >= 0.3 is 0 Å². The van der Waals surface area contributed by atoms with E-state index < -0.39 is 32.0 Å². The number of thiazole rings is 1. The molecule has 1 unspecified atom stereocenters. The first-order chi connectivity index (χ1) is 12.7. The third-order valence-electron chi connectivity index (χ3n) is 3.86. The van der Waals surface area contributed by atoms with Crippen molar-refractivity contribution in [3.8, 4) is 11.3 Å². The molecular weight excluding hydrogens is 412 g/mol. The second kappa shape index (κ2) is 7.64. The van der Waals surface area contributed by atoms with Crippen LogP contribution in [0.5, 0.6) is 0 Å². The molecule has 146 valence electrons. The average molecular weight is 431 g/mol. The molecule has 0 aliphatic carbocycles. The maximum absolute atomic E-state index is 13.0. The minimum atomic E-state index is -4.05. The van der Waals surface area contributed by atoms with Crippen LogP contribution in [0.4, 0.5) is 0 Å². The Bertz CT molecular complexity index is 1030. The predicted octanol–water partition coefficient (Wildman–Crippen LogP) is -0.152. The number of carbonyl (C=O) groups is 1. The van der Waals surface area contributed by atoms with Gasteiger partial charge in [-0.25, -0.2) is 21.8 Å². The fourth-order valence-electron chi connectivity index (χ4n) is 2.67. The third-order valence-corrected chi connectivity index (χ3v) is 7.58. The van der Waals surface area contributed by atoms with E-state index in [1.165, 1.54) is 0 Å². The maximum atomic E-state index is 13.0. The lowest BCUT2D eigenvalue weighted by Gasteiger charge is -2.33. The smallest absolute Gasteiger partial charge is 0.271 e. The molecule has 1 amide bonds. The van der Waals surface area contributed by atoms with Crippen molar-refractivity contribution in [2.75, 3.05) is 25.9 Å². The average Bonchev–Trinajstić information content (AvgIpc) is 3.12. The molecule has 0 spiro atoms. The Morgan fingerprint density at radius 1 is 1.26 bits per heavy atom. The fraction of sp³-hybridized carbons (Fsp3) is 0.333. The van der Waals surface area contributed by atoms with Gasteiger partial charge in [0.15, 0.2) is 0 Å². The fourth-order valence-corrected chi connectivity index (χ4v) is 5.89. The van der Waals surface area contributed by atoms with Crippen LogP contribution in [0.1, 0.15) is 0 Å². The highest BCUT2D eigenvalue weighted by atomic mass is 32.2. The number of rotatable bonds is 5. The number of hydrogen-bond acceptors (Lipinski definition) is 8. The van der Waals surface area contributed by atoms with Crippen LogP contribution in [0, 0.1) is 0 Å². The predicted molar refractivity (Wildman–Crippen MR) is 101 cm³/mol. The van der Waals surface area contributed by atoms with Gasteiger partial charge < -0.3 is 5.32 Å². The van der Waals surface area contributed by atoms with Crippen LogP contribution in [0.25, 0.3) is 11.3 Å². The highest BCUT2D eigenvalue weighted by Gasteiger charge is 2.40. The quantitative estimate of drug-likeness (QED) is 0.676. The normalized spacial score (nSPS) is 18.9. The summed E-state index contributed by atoms with van der Waals surface area (Å²) >= 11 is 0.961. The lowest BCUT2D eigenvalue weighted by atomic mass is 10.2. The van der Waals surface area contributed by atoms with Crippen LogP contribution in [0.15, 0.2) is 40.1 Å². The molecule has 12 heteroatoms. The molecule has 0 bridgehead atoms. The highest BCUT2D eigenvalue weighted by molar-refractivity contribution is 7.91. The van der Waals surface area contributed by atoms with Gasteiger partial charge in [0.05, 0.1) is 11.9 Å². The Labute approximate surface area is 161 Å². The van der Waals surface area contributed by atoms with Crippen molar-refractivity contribution in [1.29, 1.82) is 0 Å². The van der Waals surface area contributed by atoms with Gasteiger partial charge in [-0.3, -0.25) is 9.52 Å². The summed E-state index contributed by atoms with van der Waals surface area (Å²) in [7, 11) is -7.85. The summed E-state index contributed by atoms with van der Waals surface area (Å²) in [4.78, 5) is 16.5. The van der Waals surface area contributed by atoms with E-state index in [0.717, 1.165) is 27.5 Å². The highest BCUT2D eigenvalue weighted by Crippen LogP contribution is 2.27. The lowest BCUT2D eigenvalue weighted by molar-refractivity contribution is -0.123. The van der Waals surface area contributed by atoms with Crippen molar-refractivity contribution in [2.24, 2.45) is 0 Å². The summed E-state index contributed by atoms with van der Waals surface area (Å²) in [6, 6.07) is 7.95. The largest absolute Gasteiger partial charge is 0.313 e. The Hall–Kier alpha value is -1.86. The maximum Gasteiger partial charge on any atom is 0.271 e. The Balaban J connectivity index is 1.90. The van der Waals surface area contributed by atoms with Gasteiger partial charge in [-0.1, -0.05) is 30.3 Å². The number of nitrogens with one attached hydrogen (secondary N) is 2. The van der Waals surface area contributed by atoms with Crippen LogP contribution in [-0.4, -0.2) is 64.0 Å². The molecule has 3 rings (SSSR count). The molecule has 2 N–H and O–H groups in total. The molecule has 1 aliphatic rings. The molecule has 0 radical (unpaired) electrons. The number of aromatic nitrogens is 1. The van der Waals surface area contributed by atoms with Gasteiger partial charge in [0, 0.05) is 30.6 Å². The molecule has 9 nitrogen and oxygen atoms in total. The molecule has 2 heterocycles. The molecule has 1 aliphatic heterocycles. The first kappa shape index (κ1) is 19.9. The van der Waals surface area contributed by atoms with Gasteiger partial charge in [-0.05, 0) is 0 Å². The molecule has 1 fully saturated rings. The van der Waals surface area contributed by atoms with E-state index >= 15 is 0 Å². The first-order valence-corrected chi connectivity index (χ1v) is 12.1. The van der Waals surface area contributed by atoms with Crippen molar-refractivity contribution in [3.05, 3.63) is 35.7 Å². The molecule has 2 aromatic rings. The standard InChI is InChI=1S/C15H18N4O5S3/c1-26(21,22)18-14(20)13-9-16-7-8-19(13)27(23,24)15-17-12(10-25-15)11-5-3-2-4-6-11/h2-6,10,13,16H,7-9H2,1H3,(H,18,20). The Morgan fingerprint density at radius 2 is 1.96 bits per heavy atom. The zero-order valence-electron chi connectivity index (χ0n) is 14.3. The summed E-state index contributed by atoms with van der Waals surface area (Å²) in [5.41, 5.74) is 1.30. The van der Waals surface area contributed by atoms with Crippen LogP contribution in [0.2, 0.25) is 0 Å². The van der Waals surface area contributed by atoms with E-state index in [9.17, 15) is 21.6 Å². The Morgan fingerprint density at radius 3 is 2.63 bits per heavy atom. The van der Waals surface area contributed by atoms with Crippen molar-refractivity contribution in [2.45, 2.75) is 10.4 Å². The lowest BCUT2D eigenvalue weighted by Crippen LogP contribution is -2.59. The molecule has 0 saturated carbocycles. The second-order valence-corrected chi connectivity index (χ2v) is 10.6. The number of amides is 1. The number of benzene rings is 1. The van der Waals surface area contributed by atoms with E-state index in [2.05, 4.69) is 10.3 Å². The molecule has 1 saturated heterocycles. The van der Waals surface area contributed by atoms with E-state index in [1.807, 2.05) is 35.1 Å². The zero-order chi connectivity index (χ0) is 19.7. The first-order valence-electron chi connectivity index (χ1n) is 7.93. The number of nitrogens with zero attached hydrogens (tertiary/aromatic N) is 2. The molecular formula is C15H18N4O5S3.